The standard InChI is InChI=1S/C13H13Br2N3O2S/c1-16-13-12(6-11(15)8-17-13)21(19,20)18-7-9-3-2-4-10(14)5-9/h2-6,8,18H,7H2,1H3,(H,16,17). The monoisotopic (exact) mass is 433 g/mol. The summed E-state index contributed by atoms with van der Waals surface area (Å²) >= 11 is 6.59. The van der Waals surface area contributed by atoms with E-state index in [0.717, 1.165) is 10.0 Å². The van der Waals surface area contributed by atoms with Crippen LogP contribution in [0.15, 0.2) is 50.4 Å². The van der Waals surface area contributed by atoms with Crippen molar-refractivity contribution < 1.29 is 8.42 Å². The summed E-state index contributed by atoms with van der Waals surface area (Å²) < 4.78 is 28.9. The van der Waals surface area contributed by atoms with Gasteiger partial charge in [0.05, 0.1) is 0 Å². The third-order valence-corrected chi connectivity index (χ3v) is 5.04. The molecule has 0 unspecified atom stereocenters. The fraction of sp³-hybridized carbons (Fsp3) is 0.154. The fourth-order valence-electron chi connectivity index (χ4n) is 1.72. The van der Waals surface area contributed by atoms with E-state index in [2.05, 4.69) is 46.9 Å². The van der Waals surface area contributed by atoms with Crippen molar-refractivity contribution in [3.05, 3.63) is 51.0 Å². The summed E-state index contributed by atoms with van der Waals surface area (Å²) in [6, 6.07) is 8.97. The maximum absolute atomic E-state index is 12.4. The zero-order valence-electron chi connectivity index (χ0n) is 11.1. The molecule has 21 heavy (non-hydrogen) atoms. The molecule has 0 radical (unpaired) electrons. The SMILES string of the molecule is CNc1ncc(Br)cc1S(=O)(=O)NCc1cccc(Br)c1. The Kier molecular flexibility index (Phi) is 5.37. The molecule has 1 aromatic heterocycles. The second-order valence-corrected chi connectivity index (χ2v) is 7.77. The van der Waals surface area contributed by atoms with E-state index in [1.54, 1.807) is 13.2 Å². The Bertz CT molecular complexity index is 751. The van der Waals surface area contributed by atoms with Gasteiger partial charge in [-0.05, 0) is 39.7 Å². The summed E-state index contributed by atoms with van der Waals surface area (Å²) in [4.78, 5) is 4.15. The van der Waals surface area contributed by atoms with Crippen LogP contribution in [0.1, 0.15) is 5.56 Å². The van der Waals surface area contributed by atoms with Gasteiger partial charge >= 0.3 is 0 Å². The summed E-state index contributed by atoms with van der Waals surface area (Å²) in [6.07, 6.45) is 1.54. The minimum atomic E-state index is -3.66. The molecule has 0 saturated carbocycles. The van der Waals surface area contributed by atoms with E-state index in [9.17, 15) is 8.42 Å². The number of hydrogen-bond donors (Lipinski definition) is 2. The highest BCUT2D eigenvalue weighted by molar-refractivity contribution is 9.10. The van der Waals surface area contributed by atoms with Crippen LogP contribution < -0.4 is 10.0 Å². The van der Waals surface area contributed by atoms with Gasteiger partial charge < -0.3 is 5.32 Å². The minimum Gasteiger partial charge on any atom is -0.372 e. The summed E-state index contributed by atoms with van der Waals surface area (Å²) in [5.74, 6) is 0.306. The normalized spacial score (nSPS) is 11.4. The minimum absolute atomic E-state index is 0.106. The predicted molar refractivity (Wildman–Crippen MR) is 89.7 cm³/mol. The first kappa shape index (κ1) is 16.4. The van der Waals surface area contributed by atoms with Crippen molar-refractivity contribution in [1.82, 2.24) is 9.71 Å². The van der Waals surface area contributed by atoms with Gasteiger partial charge in [0.2, 0.25) is 10.0 Å². The lowest BCUT2D eigenvalue weighted by molar-refractivity contribution is 0.581. The highest BCUT2D eigenvalue weighted by Crippen LogP contribution is 2.22. The van der Waals surface area contributed by atoms with Gasteiger partial charge in [0.25, 0.3) is 0 Å². The van der Waals surface area contributed by atoms with Crippen LogP contribution in [0.2, 0.25) is 0 Å². The molecule has 5 nitrogen and oxygen atoms in total. The molecule has 0 fully saturated rings. The summed E-state index contributed by atoms with van der Waals surface area (Å²) in [5, 5.41) is 2.78. The molecule has 0 aliphatic heterocycles. The summed E-state index contributed by atoms with van der Waals surface area (Å²) in [7, 11) is -2.03. The second-order valence-electron chi connectivity index (χ2n) is 4.20. The van der Waals surface area contributed by atoms with Crippen molar-refractivity contribution in [3.63, 3.8) is 0 Å². The van der Waals surface area contributed by atoms with Gasteiger partial charge in [0.15, 0.2) is 0 Å². The molecule has 2 rings (SSSR count). The number of aromatic nitrogens is 1. The lowest BCUT2D eigenvalue weighted by Gasteiger charge is -2.11. The van der Waals surface area contributed by atoms with Crippen LogP contribution in [0.25, 0.3) is 0 Å². The van der Waals surface area contributed by atoms with Gasteiger partial charge in [-0.1, -0.05) is 28.1 Å². The van der Waals surface area contributed by atoms with Crippen LogP contribution in [0, 0.1) is 0 Å². The van der Waals surface area contributed by atoms with Crippen LogP contribution >= 0.6 is 31.9 Å². The highest BCUT2D eigenvalue weighted by Gasteiger charge is 2.19. The molecule has 112 valence electrons. The van der Waals surface area contributed by atoms with Crippen molar-refractivity contribution >= 4 is 47.7 Å². The first-order chi connectivity index (χ1) is 9.92. The van der Waals surface area contributed by atoms with Gasteiger partial charge in [-0.25, -0.2) is 18.1 Å². The quantitative estimate of drug-likeness (QED) is 0.758. The molecule has 0 spiro atoms. The van der Waals surface area contributed by atoms with Crippen LogP contribution in [0.3, 0.4) is 0 Å². The van der Waals surface area contributed by atoms with Crippen LogP contribution in [0.5, 0.6) is 0 Å². The third-order valence-electron chi connectivity index (χ3n) is 2.70. The van der Waals surface area contributed by atoms with E-state index in [-0.39, 0.29) is 11.4 Å². The van der Waals surface area contributed by atoms with Crippen molar-refractivity contribution in [1.29, 1.82) is 0 Å². The second kappa shape index (κ2) is 6.87. The molecular formula is C13H13Br2N3O2S. The van der Waals surface area contributed by atoms with E-state index in [4.69, 9.17) is 0 Å². The molecule has 0 aliphatic rings. The Morgan fingerprint density at radius 3 is 2.62 bits per heavy atom. The summed E-state index contributed by atoms with van der Waals surface area (Å²) in [6.45, 7) is 0.206. The number of rotatable bonds is 5. The number of pyridine rings is 1. The lowest BCUT2D eigenvalue weighted by Crippen LogP contribution is -2.24. The Labute approximate surface area is 140 Å². The first-order valence-electron chi connectivity index (χ1n) is 6.00. The van der Waals surface area contributed by atoms with Gasteiger partial charge in [0, 0.05) is 28.7 Å². The van der Waals surface area contributed by atoms with E-state index in [0.29, 0.717) is 10.3 Å². The maximum Gasteiger partial charge on any atom is 0.244 e. The molecule has 1 aromatic carbocycles. The molecule has 0 amide bonds. The fourth-order valence-corrected chi connectivity index (χ4v) is 3.85. The molecule has 2 aromatic rings. The summed E-state index contributed by atoms with van der Waals surface area (Å²) in [5.41, 5.74) is 0.863. The Hall–Kier alpha value is -0.960. The molecule has 0 saturated heterocycles. The molecule has 1 heterocycles. The number of halogens is 2. The molecule has 0 bridgehead atoms. The van der Waals surface area contributed by atoms with Crippen molar-refractivity contribution in [2.75, 3.05) is 12.4 Å². The number of hydrogen-bond acceptors (Lipinski definition) is 4. The zero-order valence-corrected chi connectivity index (χ0v) is 15.1. The van der Waals surface area contributed by atoms with Crippen molar-refractivity contribution in [2.45, 2.75) is 11.4 Å². The van der Waals surface area contributed by atoms with Gasteiger partial charge in [0.1, 0.15) is 10.7 Å². The topological polar surface area (TPSA) is 71.1 Å². The molecule has 2 N–H and O–H groups in total. The average molecular weight is 435 g/mol. The van der Waals surface area contributed by atoms with E-state index in [1.807, 2.05) is 24.3 Å². The number of anilines is 1. The smallest absolute Gasteiger partial charge is 0.244 e. The average Bonchev–Trinajstić information content (AvgIpc) is 2.45. The largest absolute Gasteiger partial charge is 0.372 e. The number of benzene rings is 1. The predicted octanol–water partition coefficient (Wildman–Crippen LogP) is 3.13. The number of nitrogens with zero attached hydrogens (tertiary/aromatic N) is 1. The maximum atomic E-state index is 12.4. The van der Waals surface area contributed by atoms with E-state index < -0.39 is 10.0 Å². The first-order valence-corrected chi connectivity index (χ1v) is 9.07. The number of nitrogens with one attached hydrogen (secondary N) is 2. The van der Waals surface area contributed by atoms with Gasteiger partial charge in [-0.15, -0.1) is 0 Å². The Morgan fingerprint density at radius 1 is 1.19 bits per heavy atom. The molecule has 0 atom stereocenters. The van der Waals surface area contributed by atoms with Crippen LogP contribution in [0.4, 0.5) is 5.82 Å². The Balaban J connectivity index is 2.24. The lowest BCUT2D eigenvalue weighted by atomic mass is 10.2. The van der Waals surface area contributed by atoms with Crippen molar-refractivity contribution in [3.8, 4) is 0 Å². The van der Waals surface area contributed by atoms with Gasteiger partial charge in [-0.3, -0.25) is 0 Å². The van der Waals surface area contributed by atoms with Crippen LogP contribution in [-0.2, 0) is 16.6 Å². The van der Waals surface area contributed by atoms with E-state index in [1.165, 1.54) is 6.07 Å². The van der Waals surface area contributed by atoms with Crippen LogP contribution in [-0.4, -0.2) is 20.4 Å². The van der Waals surface area contributed by atoms with E-state index >= 15 is 0 Å². The molecule has 8 heteroatoms. The number of sulfonamides is 1. The highest BCUT2D eigenvalue weighted by atomic mass is 79.9. The van der Waals surface area contributed by atoms with Gasteiger partial charge in [-0.2, -0.15) is 0 Å². The van der Waals surface area contributed by atoms with Crippen molar-refractivity contribution in [2.24, 2.45) is 0 Å². The third kappa shape index (κ3) is 4.26. The molecule has 0 aliphatic carbocycles. The zero-order chi connectivity index (χ0) is 15.5. The Morgan fingerprint density at radius 2 is 1.95 bits per heavy atom. The molecular weight excluding hydrogens is 422 g/mol.